The zero-order valence-electron chi connectivity index (χ0n) is 19.0. The third-order valence-corrected chi connectivity index (χ3v) is 5.64. The Morgan fingerprint density at radius 3 is 2.32 bits per heavy atom. The van der Waals surface area contributed by atoms with Crippen LogP contribution in [0.5, 0.6) is 0 Å². The lowest BCUT2D eigenvalue weighted by Crippen LogP contribution is -2.39. The molecule has 28 heavy (non-hydrogen) atoms. The average Bonchev–Trinajstić information content (AvgIpc) is 3.11. The first-order chi connectivity index (χ1) is 13.1. The number of ether oxygens (including phenoxy) is 1. The van der Waals surface area contributed by atoms with E-state index in [0.717, 1.165) is 45.2 Å². The molecule has 0 unspecified atom stereocenters. The summed E-state index contributed by atoms with van der Waals surface area (Å²) in [4.78, 5) is 7.22. The SMILES string of the molecule is CCNC(=NCC1(CCOCC)CCCC1)NCCCCCCCN(C)C.I. The fourth-order valence-electron chi connectivity index (χ4n) is 3.92. The summed E-state index contributed by atoms with van der Waals surface area (Å²) in [6, 6.07) is 0. The van der Waals surface area contributed by atoms with E-state index in [1.54, 1.807) is 0 Å². The Hall–Kier alpha value is -0.0800. The lowest BCUT2D eigenvalue weighted by atomic mass is 9.83. The maximum Gasteiger partial charge on any atom is 0.191 e. The van der Waals surface area contributed by atoms with E-state index in [1.165, 1.54) is 64.3 Å². The second kappa shape index (κ2) is 17.8. The van der Waals surface area contributed by atoms with Crippen molar-refractivity contribution in [3.8, 4) is 0 Å². The first-order valence-corrected chi connectivity index (χ1v) is 11.4. The molecular formula is C22H47IN4O. The van der Waals surface area contributed by atoms with Crippen LogP contribution in [-0.2, 0) is 4.74 Å². The third kappa shape index (κ3) is 13.2. The van der Waals surface area contributed by atoms with E-state index in [2.05, 4.69) is 43.5 Å². The fourth-order valence-corrected chi connectivity index (χ4v) is 3.92. The van der Waals surface area contributed by atoms with Crippen molar-refractivity contribution in [3.63, 3.8) is 0 Å². The maximum absolute atomic E-state index is 5.63. The Balaban J connectivity index is 0.00000729. The monoisotopic (exact) mass is 510 g/mol. The van der Waals surface area contributed by atoms with Crippen LogP contribution in [0.2, 0.25) is 0 Å². The number of nitrogens with zero attached hydrogens (tertiary/aromatic N) is 2. The number of hydrogen-bond acceptors (Lipinski definition) is 3. The molecular weight excluding hydrogens is 463 g/mol. The first kappa shape index (κ1) is 27.9. The zero-order valence-corrected chi connectivity index (χ0v) is 21.4. The Kier molecular flexibility index (Phi) is 17.7. The molecule has 5 nitrogen and oxygen atoms in total. The summed E-state index contributed by atoms with van der Waals surface area (Å²) in [5.74, 6) is 0.993. The van der Waals surface area contributed by atoms with Gasteiger partial charge in [0.25, 0.3) is 0 Å². The van der Waals surface area contributed by atoms with Crippen LogP contribution in [0.15, 0.2) is 4.99 Å². The van der Waals surface area contributed by atoms with Crippen LogP contribution in [0.4, 0.5) is 0 Å². The number of rotatable bonds is 15. The zero-order chi connectivity index (χ0) is 19.8. The molecule has 0 aromatic carbocycles. The summed E-state index contributed by atoms with van der Waals surface area (Å²) >= 11 is 0. The highest BCUT2D eigenvalue weighted by Crippen LogP contribution is 2.41. The van der Waals surface area contributed by atoms with Crippen LogP contribution in [-0.4, -0.2) is 64.3 Å². The van der Waals surface area contributed by atoms with Crippen molar-refractivity contribution >= 4 is 29.9 Å². The molecule has 2 N–H and O–H groups in total. The first-order valence-electron chi connectivity index (χ1n) is 11.4. The van der Waals surface area contributed by atoms with Crippen LogP contribution in [0.3, 0.4) is 0 Å². The van der Waals surface area contributed by atoms with Crippen LogP contribution >= 0.6 is 24.0 Å². The van der Waals surface area contributed by atoms with Gasteiger partial charge in [-0.25, -0.2) is 0 Å². The molecule has 0 amide bonds. The Morgan fingerprint density at radius 1 is 1.00 bits per heavy atom. The Morgan fingerprint density at radius 2 is 1.68 bits per heavy atom. The Bertz CT molecular complexity index is 385. The van der Waals surface area contributed by atoms with Gasteiger partial charge in [-0.2, -0.15) is 0 Å². The second-order valence-electron chi connectivity index (χ2n) is 8.35. The smallest absolute Gasteiger partial charge is 0.191 e. The molecule has 6 heteroatoms. The molecule has 0 aromatic heterocycles. The summed E-state index contributed by atoms with van der Waals surface area (Å²) in [6.07, 6.45) is 13.0. The van der Waals surface area contributed by atoms with E-state index in [9.17, 15) is 0 Å². The van der Waals surface area contributed by atoms with Gasteiger partial charge in [-0.05, 0) is 72.0 Å². The van der Waals surface area contributed by atoms with Gasteiger partial charge in [-0.15, -0.1) is 24.0 Å². The normalized spacial score (nSPS) is 16.2. The third-order valence-electron chi connectivity index (χ3n) is 5.64. The number of nitrogens with one attached hydrogen (secondary N) is 2. The molecule has 168 valence electrons. The van der Waals surface area contributed by atoms with Crippen LogP contribution < -0.4 is 10.6 Å². The molecule has 0 aromatic rings. The molecule has 0 bridgehead atoms. The molecule has 0 spiro atoms. The standard InChI is InChI=1S/C22H46N4O.HI/c1-5-23-21(24-17-12-8-7-9-13-18-26(3)4)25-20-22(14-10-11-15-22)16-19-27-6-2;/h5-20H2,1-4H3,(H2,23,24,25);1H. The number of guanidine groups is 1. The van der Waals surface area contributed by atoms with Gasteiger partial charge in [0.2, 0.25) is 0 Å². The van der Waals surface area contributed by atoms with Crippen LogP contribution in [0.1, 0.15) is 78.1 Å². The summed E-state index contributed by atoms with van der Waals surface area (Å²) in [5.41, 5.74) is 0.365. The van der Waals surface area contributed by atoms with Crippen LogP contribution in [0.25, 0.3) is 0 Å². The van der Waals surface area contributed by atoms with Gasteiger partial charge < -0.3 is 20.3 Å². The highest BCUT2D eigenvalue weighted by molar-refractivity contribution is 14.0. The average molecular weight is 511 g/mol. The lowest BCUT2D eigenvalue weighted by molar-refractivity contribution is 0.107. The molecule has 1 fully saturated rings. The quantitative estimate of drug-likeness (QED) is 0.146. The van der Waals surface area contributed by atoms with E-state index in [0.29, 0.717) is 5.41 Å². The lowest BCUT2D eigenvalue weighted by Gasteiger charge is -2.27. The van der Waals surface area contributed by atoms with Gasteiger partial charge in [0, 0.05) is 32.8 Å². The predicted octanol–water partition coefficient (Wildman–Crippen LogP) is 4.66. The minimum absolute atomic E-state index is 0. The molecule has 0 aliphatic heterocycles. The highest BCUT2D eigenvalue weighted by atomic mass is 127. The highest BCUT2D eigenvalue weighted by Gasteiger charge is 2.33. The number of aliphatic imine (C=N–C) groups is 1. The molecule has 0 heterocycles. The van der Waals surface area contributed by atoms with Crippen molar-refractivity contribution in [3.05, 3.63) is 0 Å². The number of halogens is 1. The topological polar surface area (TPSA) is 48.9 Å². The minimum Gasteiger partial charge on any atom is -0.382 e. The predicted molar refractivity (Wildman–Crippen MR) is 133 cm³/mol. The number of hydrogen-bond donors (Lipinski definition) is 2. The van der Waals surface area contributed by atoms with Crippen molar-refractivity contribution in [2.75, 3.05) is 53.5 Å². The van der Waals surface area contributed by atoms with Gasteiger partial charge in [0.1, 0.15) is 0 Å². The largest absolute Gasteiger partial charge is 0.382 e. The summed E-state index contributed by atoms with van der Waals surface area (Å²) < 4.78 is 5.63. The number of unbranched alkanes of at least 4 members (excludes halogenated alkanes) is 4. The molecule has 1 saturated carbocycles. The van der Waals surface area contributed by atoms with Gasteiger partial charge >= 0.3 is 0 Å². The molecule has 0 radical (unpaired) electrons. The van der Waals surface area contributed by atoms with Crippen molar-refractivity contribution in [1.82, 2.24) is 15.5 Å². The molecule has 1 aliphatic carbocycles. The summed E-state index contributed by atoms with van der Waals surface area (Å²) in [5, 5.41) is 6.95. The van der Waals surface area contributed by atoms with Crippen molar-refractivity contribution in [2.45, 2.75) is 78.1 Å². The summed E-state index contributed by atoms with van der Waals surface area (Å²) in [6.45, 7) is 9.99. The molecule has 1 rings (SSSR count). The molecule has 0 atom stereocenters. The van der Waals surface area contributed by atoms with Gasteiger partial charge in [0.15, 0.2) is 5.96 Å². The second-order valence-corrected chi connectivity index (χ2v) is 8.35. The molecule has 0 saturated heterocycles. The van der Waals surface area contributed by atoms with E-state index in [4.69, 9.17) is 9.73 Å². The van der Waals surface area contributed by atoms with Crippen molar-refractivity contribution < 1.29 is 4.74 Å². The van der Waals surface area contributed by atoms with Gasteiger partial charge in [-0.1, -0.05) is 32.1 Å². The van der Waals surface area contributed by atoms with E-state index in [1.807, 2.05) is 0 Å². The van der Waals surface area contributed by atoms with Gasteiger partial charge in [-0.3, -0.25) is 4.99 Å². The molecule has 1 aliphatic rings. The van der Waals surface area contributed by atoms with E-state index >= 15 is 0 Å². The summed E-state index contributed by atoms with van der Waals surface area (Å²) in [7, 11) is 4.30. The van der Waals surface area contributed by atoms with Crippen molar-refractivity contribution in [2.24, 2.45) is 10.4 Å². The van der Waals surface area contributed by atoms with Crippen molar-refractivity contribution in [1.29, 1.82) is 0 Å². The van der Waals surface area contributed by atoms with Crippen LogP contribution in [0, 0.1) is 5.41 Å². The van der Waals surface area contributed by atoms with E-state index in [-0.39, 0.29) is 24.0 Å². The van der Waals surface area contributed by atoms with Gasteiger partial charge in [0.05, 0.1) is 0 Å². The fraction of sp³-hybridized carbons (Fsp3) is 0.955. The van der Waals surface area contributed by atoms with E-state index < -0.39 is 0 Å². The Labute approximate surface area is 191 Å². The maximum atomic E-state index is 5.63. The minimum atomic E-state index is 0.